The topological polar surface area (TPSA) is 34.1 Å². The number of para-hydroxylation sites is 1. The summed E-state index contributed by atoms with van der Waals surface area (Å²) in [6, 6.07) is 12.7. The molecule has 2 atom stereocenters. The summed E-state index contributed by atoms with van der Waals surface area (Å²) in [6.07, 6.45) is 3.71. The predicted molar refractivity (Wildman–Crippen MR) is 74.9 cm³/mol. The normalized spacial score (nSPS) is 21.5. The van der Waals surface area contributed by atoms with Crippen molar-refractivity contribution in [1.29, 1.82) is 0 Å². The van der Waals surface area contributed by atoms with Gasteiger partial charge in [0.05, 0.1) is 6.61 Å². The molecular formula is C16H18N2O. The van der Waals surface area contributed by atoms with E-state index in [1.165, 1.54) is 11.1 Å². The molecular weight excluding hydrogens is 236 g/mol. The van der Waals surface area contributed by atoms with E-state index in [-0.39, 0.29) is 0 Å². The lowest BCUT2D eigenvalue weighted by molar-refractivity contribution is 0.188. The molecule has 1 aromatic carbocycles. The number of benzene rings is 1. The molecule has 19 heavy (non-hydrogen) atoms. The van der Waals surface area contributed by atoms with E-state index in [1.807, 2.05) is 24.4 Å². The Morgan fingerprint density at radius 3 is 3.00 bits per heavy atom. The van der Waals surface area contributed by atoms with E-state index in [9.17, 15) is 0 Å². The van der Waals surface area contributed by atoms with Gasteiger partial charge in [-0.1, -0.05) is 31.2 Å². The number of aromatic nitrogens is 1. The Balaban J connectivity index is 1.77. The van der Waals surface area contributed by atoms with Gasteiger partial charge < -0.3 is 10.1 Å². The van der Waals surface area contributed by atoms with E-state index in [0.29, 0.717) is 12.0 Å². The van der Waals surface area contributed by atoms with Crippen LogP contribution in [0.1, 0.15) is 24.1 Å². The number of fused-ring (bicyclic) bond motifs is 1. The first-order valence-corrected chi connectivity index (χ1v) is 6.68. The maximum absolute atomic E-state index is 5.77. The highest BCUT2D eigenvalue weighted by molar-refractivity contribution is 5.38. The first-order valence-electron chi connectivity index (χ1n) is 6.68. The van der Waals surface area contributed by atoms with Crippen LogP contribution < -0.4 is 10.1 Å². The van der Waals surface area contributed by atoms with Crippen molar-refractivity contribution in [2.45, 2.75) is 19.5 Å². The third-order valence-corrected chi connectivity index (χ3v) is 3.57. The third kappa shape index (κ3) is 2.61. The van der Waals surface area contributed by atoms with Gasteiger partial charge in [-0.2, -0.15) is 0 Å². The van der Waals surface area contributed by atoms with Crippen molar-refractivity contribution in [2.24, 2.45) is 5.92 Å². The number of hydrogen-bond donors (Lipinski definition) is 1. The van der Waals surface area contributed by atoms with Crippen LogP contribution in [0.15, 0.2) is 48.8 Å². The number of nitrogens with zero attached hydrogens (tertiary/aromatic N) is 1. The van der Waals surface area contributed by atoms with Crippen molar-refractivity contribution < 1.29 is 4.74 Å². The molecule has 98 valence electrons. The van der Waals surface area contributed by atoms with Crippen LogP contribution in [0, 0.1) is 5.92 Å². The Kier molecular flexibility index (Phi) is 3.47. The fraction of sp³-hybridized carbons (Fsp3) is 0.312. The van der Waals surface area contributed by atoms with Gasteiger partial charge in [-0.3, -0.25) is 4.98 Å². The summed E-state index contributed by atoms with van der Waals surface area (Å²) in [7, 11) is 0. The van der Waals surface area contributed by atoms with Gasteiger partial charge in [0.2, 0.25) is 0 Å². The number of hydrogen-bond acceptors (Lipinski definition) is 3. The smallest absolute Gasteiger partial charge is 0.124 e. The van der Waals surface area contributed by atoms with Crippen LogP contribution in [-0.4, -0.2) is 11.6 Å². The van der Waals surface area contributed by atoms with Crippen LogP contribution >= 0.6 is 0 Å². The van der Waals surface area contributed by atoms with Crippen LogP contribution in [0.4, 0.5) is 0 Å². The molecule has 0 spiro atoms. The summed E-state index contributed by atoms with van der Waals surface area (Å²) in [4.78, 5) is 4.15. The SMILES string of the molecule is CC1COc2ccccc2C1NCc1cccnc1. The number of nitrogens with one attached hydrogen (secondary N) is 1. The van der Waals surface area contributed by atoms with Crippen LogP contribution in [-0.2, 0) is 6.54 Å². The average Bonchev–Trinajstić information content (AvgIpc) is 2.47. The zero-order valence-corrected chi connectivity index (χ0v) is 11.0. The number of ether oxygens (including phenoxy) is 1. The first kappa shape index (κ1) is 12.2. The number of pyridine rings is 1. The second-order valence-corrected chi connectivity index (χ2v) is 5.05. The molecule has 0 bridgehead atoms. The molecule has 3 nitrogen and oxygen atoms in total. The van der Waals surface area contributed by atoms with Gasteiger partial charge >= 0.3 is 0 Å². The van der Waals surface area contributed by atoms with Crippen molar-refractivity contribution >= 4 is 0 Å². The fourth-order valence-electron chi connectivity index (χ4n) is 2.53. The average molecular weight is 254 g/mol. The monoisotopic (exact) mass is 254 g/mol. The molecule has 0 radical (unpaired) electrons. The largest absolute Gasteiger partial charge is 0.493 e. The van der Waals surface area contributed by atoms with Crippen LogP contribution in [0.5, 0.6) is 5.75 Å². The Morgan fingerprint density at radius 2 is 2.16 bits per heavy atom. The van der Waals surface area contributed by atoms with Gasteiger partial charge in [-0.05, 0) is 17.7 Å². The second-order valence-electron chi connectivity index (χ2n) is 5.05. The molecule has 0 fully saturated rings. The molecule has 1 aliphatic rings. The molecule has 2 heterocycles. The van der Waals surface area contributed by atoms with Gasteiger partial charge in [0.15, 0.2) is 0 Å². The quantitative estimate of drug-likeness (QED) is 0.914. The standard InChI is InChI=1S/C16H18N2O/c1-12-11-19-15-7-3-2-6-14(15)16(12)18-10-13-5-4-8-17-9-13/h2-9,12,16,18H,10-11H2,1H3. The molecule has 0 aliphatic carbocycles. The van der Waals surface area contributed by atoms with Crippen molar-refractivity contribution in [3.05, 3.63) is 59.9 Å². The van der Waals surface area contributed by atoms with Crippen molar-refractivity contribution in [2.75, 3.05) is 6.61 Å². The van der Waals surface area contributed by atoms with Crippen molar-refractivity contribution in [3.8, 4) is 5.75 Å². The highest BCUT2D eigenvalue weighted by atomic mass is 16.5. The first-order chi connectivity index (χ1) is 9.34. The summed E-state index contributed by atoms with van der Waals surface area (Å²) in [6.45, 7) is 3.82. The minimum absolute atomic E-state index is 0.338. The number of rotatable bonds is 3. The summed E-state index contributed by atoms with van der Waals surface area (Å²) in [5, 5.41) is 3.62. The fourth-order valence-corrected chi connectivity index (χ4v) is 2.53. The Hall–Kier alpha value is -1.87. The molecule has 1 aromatic heterocycles. The molecule has 1 N–H and O–H groups in total. The van der Waals surface area contributed by atoms with Crippen molar-refractivity contribution in [1.82, 2.24) is 10.3 Å². The van der Waals surface area contributed by atoms with Gasteiger partial charge in [0.1, 0.15) is 5.75 Å². The minimum atomic E-state index is 0.338. The lowest BCUT2D eigenvalue weighted by Gasteiger charge is -2.32. The highest BCUT2D eigenvalue weighted by Gasteiger charge is 2.26. The molecule has 1 aliphatic heterocycles. The zero-order valence-electron chi connectivity index (χ0n) is 11.0. The van der Waals surface area contributed by atoms with Crippen LogP contribution in [0.2, 0.25) is 0 Å². The third-order valence-electron chi connectivity index (χ3n) is 3.57. The minimum Gasteiger partial charge on any atom is -0.493 e. The molecule has 0 saturated heterocycles. The maximum Gasteiger partial charge on any atom is 0.124 e. The molecule has 0 amide bonds. The maximum atomic E-state index is 5.77. The van der Waals surface area contributed by atoms with Crippen LogP contribution in [0.3, 0.4) is 0 Å². The summed E-state index contributed by atoms with van der Waals surface area (Å²) < 4.78 is 5.77. The molecule has 2 unspecified atom stereocenters. The van der Waals surface area contributed by atoms with Crippen molar-refractivity contribution in [3.63, 3.8) is 0 Å². The zero-order chi connectivity index (χ0) is 13.1. The van der Waals surface area contributed by atoms with Crippen LogP contribution in [0.25, 0.3) is 0 Å². The molecule has 2 aromatic rings. The van der Waals surface area contributed by atoms with E-state index >= 15 is 0 Å². The lowest BCUT2D eigenvalue weighted by Crippen LogP contribution is -2.33. The van der Waals surface area contributed by atoms with Gasteiger partial charge in [-0.25, -0.2) is 0 Å². The van der Waals surface area contributed by atoms with E-state index in [2.05, 4.69) is 35.4 Å². The Bertz CT molecular complexity index is 541. The van der Waals surface area contributed by atoms with E-state index in [1.54, 1.807) is 6.20 Å². The summed E-state index contributed by atoms with van der Waals surface area (Å²) in [5.74, 6) is 1.47. The second kappa shape index (κ2) is 5.41. The predicted octanol–water partition coefficient (Wildman–Crippen LogP) is 2.94. The van der Waals surface area contributed by atoms with Gasteiger partial charge in [-0.15, -0.1) is 0 Å². The molecule has 3 rings (SSSR count). The highest BCUT2D eigenvalue weighted by Crippen LogP contribution is 2.35. The van der Waals surface area contributed by atoms with Gasteiger partial charge in [0.25, 0.3) is 0 Å². The summed E-state index contributed by atoms with van der Waals surface area (Å²) >= 11 is 0. The lowest BCUT2D eigenvalue weighted by atomic mass is 9.92. The molecule has 0 saturated carbocycles. The molecule has 3 heteroatoms. The van der Waals surface area contributed by atoms with E-state index < -0.39 is 0 Å². The summed E-state index contributed by atoms with van der Waals surface area (Å²) in [5.41, 5.74) is 2.46. The van der Waals surface area contributed by atoms with E-state index in [0.717, 1.165) is 18.9 Å². The Labute approximate surface area is 113 Å². The van der Waals surface area contributed by atoms with E-state index in [4.69, 9.17) is 4.74 Å². The van der Waals surface area contributed by atoms with Gasteiger partial charge in [0, 0.05) is 36.5 Å². The Morgan fingerprint density at radius 1 is 1.26 bits per heavy atom.